The van der Waals surface area contributed by atoms with Crippen LogP contribution in [-0.2, 0) is 4.79 Å². The van der Waals surface area contributed by atoms with Gasteiger partial charge in [-0.1, -0.05) is 29.8 Å². The number of alkyl halides is 1. The zero-order chi connectivity index (χ0) is 11.4. The maximum atomic E-state index is 11.4. The van der Waals surface area contributed by atoms with E-state index in [1.807, 2.05) is 13.8 Å². The number of carbonyl (C=O) groups is 1. The normalized spacial score (nSPS) is 14.2. The molecule has 0 aromatic heterocycles. The maximum absolute atomic E-state index is 11.4. The molecule has 0 aliphatic carbocycles. The van der Waals surface area contributed by atoms with Gasteiger partial charge in [-0.05, 0) is 26.2 Å². The summed E-state index contributed by atoms with van der Waals surface area (Å²) in [6.07, 6.45) is 0.261. The minimum atomic E-state index is -0.565. The largest absolute Gasteiger partial charge is 0.391 e. The van der Waals surface area contributed by atoms with Crippen molar-refractivity contribution in [3.63, 3.8) is 0 Å². The van der Waals surface area contributed by atoms with Crippen LogP contribution in [0.5, 0.6) is 0 Å². The molecule has 0 rings (SSSR count). The number of amides is 1. The number of aliphatic hydroxyl groups is 1. The molecular weight excluding hydrogens is 246 g/mol. The van der Waals surface area contributed by atoms with E-state index in [4.69, 9.17) is 0 Å². The van der Waals surface area contributed by atoms with Crippen molar-refractivity contribution in [2.75, 3.05) is 6.54 Å². The Kier molecular flexibility index (Phi) is 5.67. The molecule has 4 heteroatoms. The van der Waals surface area contributed by atoms with Gasteiger partial charge in [-0.15, -0.1) is 0 Å². The molecule has 2 N–H and O–H groups in total. The van der Waals surface area contributed by atoms with Gasteiger partial charge in [-0.3, -0.25) is 4.79 Å². The van der Waals surface area contributed by atoms with Crippen LogP contribution >= 0.6 is 15.9 Å². The van der Waals surface area contributed by atoms with Crippen molar-refractivity contribution in [1.29, 1.82) is 0 Å². The first-order chi connectivity index (χ1) is 6.23. The van der Waals surface area contributed by atoms with Gasteiger partial charge in [0, 0.05) is 6.54 Å². The van der Waals surface area contributed by atoms with E-state index in [0.717, 1.165) is 0 Å². The van der Waals surface area contributed by atoms with Crippen molar-refractivity contribution in [1.82, 2.24) is 5.32 Å². The first-order valence-corrected chi connectivity index (χ1v) is 5.68. The third kappa shape index (κ3) is 6.38. The summed E-state index contributed by atoms with van der Waals surface area (Å²) in [5.41, 5.74) is 0. The van der Waals surface area contributed by atoms with Crippen LogP contribution in [0, 0.1) is 5.92 Å². The second-order valence-corrected chi connectivity index (χ2v) is 6.45. The van der Waals surface area contributed by atoms with Crippen molar-refractivity contribution in [3.05, 3.63) is 0 Å². The van der Waals surface area contributed by atoms with Gasteiger partial charge in [0.1, 0.15) is 0 Å². The standard InChI is InChI=1S/C10H20BrNO2/c1-7(2)5-8(13)6-12-9(14)10(3,4)11/h7-8,13H,5-6H2,1-4H3,(H,12,14). The Balaban J connectivity index is 3.78. The molecule has 0 aliphatic heterocycles. The number of nitrogens with one attached hydrogen (secondary N) is 1. The second kappa shape index (κ2) is 5.71. The second-order valence-electron chi connectivity index (χ2n) is 4.47. The summed E-state index contributed by atoms with van der Waals surface area (Å²) >= 11 is 3.25. The van der Waals surface area contributed by atoms with Crippen LogP contribution in [0.3, 0.4) is 0 Å². The summed E-state index contributed by atoms with van der Waals surface area (Å²) in [6, 6.07) is 0. The Hall–Kier alpha value is -0.0900. The lowest BCUT2D eigenvalue weighted by Crippen LogP contribution is -2.41. The number of aliphatic hydroxyl groups excluding tert-OH is 1. The highest BCUT2D eigenvalue weighted by Gasteiger charge is 2.23. The zero-order valence-electron chi connectivity index (χ0n) is 9.30. The van der Waals surface area contributed by atoms with Gasteiger partial charge in [0.05, 0.1) is 10.4 Å². The van der Waals surface area contributed by atoms with Crippen molar-refractivity contribution >= 4 is 21.8 Å². The molecule has 0 radical (unpaired) electrons. The van der Waals surface area contributed by atoms with E-state index in [1.54, 1.807) is 13.8 Å². The summed E-state index contributed by atoms with van der Waals surface area (Å²) in [4.78, 5) is 11.4. The zero-order valence-corrected chi connectivity index (χ0v) is 10.9. The fraction of sp³-hybridized carbons (Fsp3) is 0.900. The maximum Gasteiger partial charge on any atom is 0.236 e. The molecule has 1 atom stereocenters. The van der Waals surface area contributed by atoms with E-state index in [-0.39, 0.29) is 5.91 Å². The summed E-state index contributed by atoms with van der Waals surface area (Å²) in [6.45, 7) is 7.96. The Bertz CT molecular complexity index is 187. The summed E-state index contributed by atoms with van der Waals surface area (Å²) < 4.78 is -0.565. The van der Waals surface area contributed by atoms with Crippen LogP contribution < -0.4 is 5.32 Å². The molecule has 3 nitrogen and oxygen atoms in total. The van der Waals surface area contributed by atoms with E-state index in [2.05, 4.69) is 21.2 Å². The first kappa shape index (κ1) is 13.9. The van der Waals surface area contributed by atoms with Gasteiger partial charge in [-0.25, -0.2) is 0 Å². The Labute approximate surface area is 94.4 Å². The average molecular weight is 266 g/mol. The van der Waals surface area contributed by atoms with E-state index >= 15 is 0 Å². The highest BCUT2D eigenvalue weighted by atomic mass is 79.9. The van der Waals surface area contributed by atoms with Crippen molar-refractivity contribution in [2.45, 2.75) is 44.5 Å². The monoisotopic (exact) mass is 265 g/mol. The van der Waals surface area contributed by atoms with Crippen molar-refractivity contribution in [3.8, 4) is 0 Å². The molecular formula is C10H20BrNO2. The molecule has 1 amide bonds. The van der Waals surface area contributed by atoms with Crippen LogP contribution in [0.15, 0.2) is 0 Å². The molecule has 0 fully saturated rings. The van der Waals surface area contributed by atoms with Gasteiger partial charge in [-0.2, -0.15) is 0 Å². The molecule has 0 saturated carbocycles. The first-order valence-electron chi connectivity index (χ1n) is 4.88. The van der Waals surface area contributed by atoms with E-state index in [0.29, 0.717) is 18.9 Å². The topological polar surface area (TPSA) is 49.3 Å². The van der Waals surface area contributed by atoms with E-state index in [9.17, 15) is 9.90 Å². The number of rotatable bonds is 5. The van der Waals surface area contributed by atoms with Crippen LogP contribution in [0.2, 0.25) is 0 Å². The average Bonchev–Trinajstić information content (AvgIpc) is 1.96. The predicted molar refractivity (Wildman–Crippen MR) is 61.5 cm³/mol. The SMILES string of the molecule is CC(C)CC(O)CNC(=O)C(C)(C)Br. The summed E-state index contributed by atoms with van der Waals surface area (Å²) in [5, 5.41) is 12.2. The number of hydrogen-bond donors (Lipinski definition) is 2. The van der Waals surface area contributed by atoms with Crippen molar-refractivity contribution < 1.29 is 9.90 Å². The molecule has 0 heterocycles. The van der Waals surface area contributed by atoms with Gasteiger partial charge < -0.3 is 10.4 Å². The minimum Gasteiger partial charge on any atom is -0.391 e. The molecule has 0 aliphatic rings. The van der Waals surface area contributed by atoms with Crippen LogP contribution in [0.4, 0.5) is 0 Å². The molecule has 0 bridgehead atoms. The Morgan fingerprint density at radius 2 is 2.00 bits per heavy atom. The predicted octanol–water partition coefficient (Wildman–Crippen LogP) is 1.68. The Morgan fingerprint density at radius 1 is 1.50 bits per heavy atom. The lowest BCUT2D eigenvalue weighted by Gasteiger charge is -2.18. The fourth-order valence-corrected chi connectivity index (χ4v) is 1.19. The van der Waals surface area contributed by atoms with Gasteiger partial charge >= 0.3 is 0 Å². The molecule has 14 heavy (non-hydrogen) atoms. The van der Waals surface area contributed by atoms with Crippen LogP contribution in [0.1, 0.15) is 34.1 Å². The molecule has 1 unspecified atom stereocenters. The lowest BCUT2D eigenvalue weighted by molar-refractivity contribution is -0.123. The molecule has 0 spiro atoms. The number of carbonyl (C=O) groups excluding carboxylic acids is 1. The van der Waals surface area contributed by atoms with E-state index < -0.39 is 10.4 Å². The molecule has 0 saturated heterocycles. The smallest absolute Gasteiger partial charge is 0.236 e. The lowest BCUT2D eigenvalue weighted by atomic mass is 10.1. The van der Waals surface area contributed by atoms with E-state index in [1.165, 1.54) is 0 Å². The third-order valence-electron chi connectivity index (χ3n) is 1.78. The number of hydrogen-bond acceptors (Lipinski definition) is 2. The number of halogens is 1. The quantitative estimate of drug-likeness (QED) is 0.744. The van der Waals surface area contributed by atoms with Gasteiger partial charge in [0.25, 0.3) is 0 Å². The summed E-state index contributed by atoms with van der Waals surface area (Å²) in [5.74, 6) is 0.346. The van der Waals surface area contributed by atoms with Crippen LogP contribution in [0.25, 0.3) is 0 Å². The third-order valence-corrected chi connectivity index (χ3v) is 2.14. The highest BCUT2D eigenvalue weighted by molar-refractivity contribution is 9.10. The van der Waals surface area contributed by atoms with Crippen molar-refractivity contribution in [2.24, 2.45) is 5.92 Å². The minimum absolute atomic E-state index is 0.0969. The van der Waals surface area contributed by atoms with Crippen LogP contribution in [-0.4, -0.2) is 28.0 Å². The highest BCUT2D eigenvalue weighted by Crippen LogP contribution is 2.15. The summed E-state index contributed by atoms with van der Waals surface area (Å²) in [7, 11) is 0. The molecule has 0 aromatic rings. The molecule has 0 aromatic carbocycles. The Morgan fingerprint density at radius 3 is 2.36 bits per heavy atom. The molecule has 84 valence electrons. The fourth-order valence-electron chi connectivity index (χ4n) is 1.05. The van der Waals surface area contributed by atoms with Gasteiger partial charge in [0.15, 0.2) is 0 Å². The van der Waals surface area contributed by atoms with Gasteiger partial charge in [0.2, 0.25) is 5.91 Å².